The van der Waals surface area contributed by atoms with Crippen molar-refractivity contribution in [1.29, 1.82) is 0 Å². The molecule has 1 heterocycles. The van der Waals surface area contributed by atoms with Crippen molar-refractivity contribution >= 4 is 6.29 Å². The molecule has 0 spiro atoms. The first kappa shape index (κ1) is 7.60. The highest BCUT2D eigenvalue weighted by molar-refractivity contribution is 5.69. The second-order valence-electron chi connectivity index (χ2n) is 2.40. The zero-order valence-corrected chi connectivity index (χ0v) is 6.66. The van der Waals surface area contributed by atoms with Gasteiger partial charge < -0.3 is 0 Å². The molecule has 5 heteroatoms. The van der Waals surface area contributed by atoms with Crippen molar-refractivity contribution in [3.05, 3.63) is 36.2 Å². The number of carbonyl (C=O) groups is 1. The summed E-state index contributed by atoms with van der Waals surface area (Å²) < 4.78 is 1.38. The van der Waals surface area contributed by atoms with Crippen molar-refractivity contribution in [2.75, 3.05) is 0 Å². The summed E-state index contributed by atoms with van der Waals surface area (Å²) in [7, 11) is 0. The van der Waals surface area contributed by atoms with Crippen LogP contribution in [0.4, 0.5) is 0 Å². The molecule has 13 heavy (non-hydrogen) atoms. The van der Waals surface area contributed by atoms with E-state index in [-0.39, 0.29) is 5.82 Å². The van der Waals surface area contributed by atoms with E-state index in [1.165, 1.54) is 4.68 Å². The molecule has 0 aliphatic rings. The van der Waals surface area contributed by atoms with Crippen molar-refractivity contribution in [3.8, 4) is 5.69 Å². The first-order valence-corrected chi connectivity index (χ1v) is 3.71. The fourth-order valence-electron chi connectivity index (χ4n) is 1.02. The number of aromatic nitrogens is 4. The van der Waals surface area contributed by atoms with Crippen LogP contribution >= 0.6 is 0 Å². The molecule has 64 valence electrons. The second-order valence-corrected chi connectivity index (χ2v) is 2.40. The Hall–Kier alpha value is -2.04. The molecule has 0 aliphatic carbocycles. The molecule has 5 nitrogen and oxygen atoms in total. The lowest BCUT2D eigenvalue weighted by atomic mass is 10.3. The average molecular weight is 174 g/mol. The summed E-state index contributed by atoms with van der Waals surface area (Å²) in [6, 6.07) is 9.23. The number of benzene rings is 1. The normalized spacial score (nSPS) is 9.85. The quantitative estimate of drug-likeness (QED) is 0.621. The van der Waals surface area contributed by atoms with Crippen LogP contribution in [0.1, 0.15) is 10.6 Å². The monoisotopic (exact) mass is 174 g/mol. The third kappa shape index (κ3) is 1.31. The van der Waals surface area contributed by atoms with Crippen LogP contribution in [0.25, 0.3) is 5.69 Å². The van der Waals surface area contributed by atoms with Crippen LogP contribution in [0.15, 0.2) is 30.3 Å². The summed E-state index contributed by atoms with van der Waals surface area (Å²) in [4.78, 5) is 10.5. The SMILES string of the molecule is O=Cc1nnnn1-c1ccccc1. The van der Waals surface area contributed by atoms with Crippen molar-refractivity contribution in [3.63, 3.8) is 0 Å². The molecule has 1 aromatic carbocycles. The third-order valence-corrected chi connectivity index (χ3v) is 1.60. The summed E-state index contributed by atoms with van der Waals surface area (Å²) in [5, 5.41) is 10.6. The van der Waals surface area contributed by atoms with Gasteiger partial charge in [0.1, 0.15) is 0 Å². The zero-order chi connectivity index (χ0) is 9.10. The maximum atomic E-state index is 10.5. The van der Waals surface area contributed by atoms with E-state index in [4.69, 9.17) is 0 Å². The van der Waals surface area contributed by atoms with Gasteiger partial charge in [0.2, 0.25) is 5.82 Å². The number of nitrogens with zero attached hydrogens (tertiary/aromatic N) is 4. The molecule has 2 aromatic rings. The molecule has 2 rings (SSSR count). The standard InChI is InChI=1S/C8H6N4O/c13-6-8-9-10-11-12(8)7-4-2-1-3-5-7/h1-6H. The van der Waals surface area contributed by atoms with Crippen LogP contribution in [0, 0.1) is 0 Å². The Morgan fingerprint density at radius 2 is 2.00 bits per heavy atom. The van der Waals surface area contributed by atoms with Gasteiger partial charge in [-0.1, -0.05) is 18.2 Å². The van der Waals surface area contributed by atoms with E-state index in [0.717, 1.165) is 5.69 Å². The predicted octanol–water partition coefficient (Wildman–Crippen LogP) is 0.475. The Labute approximate surface area is 74.0 Å². The lowest BCUT2D eigenvalue weighted by Gasteiger charge is -1.98. The highest BCUT2D eigenvalue weighted by atomic mass is 16.1. The molecule has 0 bridgehead atoms. The molecular weight excluding hydrogens is 168 g/mol. The first-order valence-electron chi connectivity index (χ1n) is 3.71. The molecule has 0 saturated heterocycles. The number of tetrazole rings is 1. The fourth-order valence-corrected chi connectivity index (χ4v) is 1.02. The van der Waals surface area contributed by atoms with Crippen molar-refractivity contribution in [2.24, 2.45) is 0 Å². The van der Waals surface area contributed by atoms with E-state index in [1.807, 2.05) is 30.3 Å². The minimum absolute atomic E-state index is 0.200. The van der Waals surface area contributed by atoms with E-state index in [0.29, 0.717) is 6.29 Å². The predicted molar refractivity (Wildman–Crippen MR) is 44.5 cm³/mol. The van der Waals surface area contributed by atoms with Crippen LogP contribution in [0.3, 0.4) is 0 Å². The number of hydrogen-bond donors (Lipinski definition) is 0. The van der Waals surface area contributed by atoms with Crippen LogP contribution in [-0.4, -0.2) is 26.5 Å². The highest BCUT2D eigenvalue weighted by Crippen LogP contribution is 2.04. The van der Waals surface area contributed by atoms with E-state index < -0.39 is 0 Å². The van der Waals surface area contributed by atoms with Gasteiger partial charge >= 0.3 is 0 Å². The molecule has 0 N–H and O–H groups in total. The third-order valence-electron chi connectivity index (χ3n) is 1.60. The van der Waals surface area contributed by atoms with Gasteiger partial charge in [0.15, 0.2) is 6.29 Å². The largest absolute Gasteiger partial charge is 0.294 e. The summed E-state index contributed by atoms with van der Waals surface area (Å²) in [5.41, 5.74) is 0.773. The van der Waals surface area contributed by atoms with Gasteiger partial charge in [-0.05, 0) is 22.6 Å². The van der Waals surface area contributed by atoms with Gasteiger partial charge in [-0.2, -0.15) is 4.68 Å². The van der Waals surface area contributed by atoms with E-state index in [9.17, 15) is 4.79 Å². The minimum Gasteiger partial charge on any atom is -0.294 e. The van der Waals surface area contributed by atoms with Gasteiger partial charge in [-0.15, -0.1) is 5.10 Å². The number of carbonyl (C=O) groups excluding carboxylic acids is 1. The van der Waals surface area contributed by atoms with Crippen LogP contribution in [-0.2, 0) is 0 Å². The Balaban J connectivity index is 2.52. The van der Waals surface area contributed by atoms with Gasteiger partial charge in [0.25, 0.3) is 0 Å². The molecule has 0 saturated carbocycles. The fraction of sp³-hybridized carbons (Fsp3) is 0. The summed E-state index contributed by atoms with van der Waals surface area (Å²) >= 11 is 0. The number of aldehydes is 1. The Bertz CT molecular complexity index is 409. The number of rotatable bonds is 2. The molecule has 0 fully saturated rings. The highest BCUT2D eigenvalue weighted by Gasteiger charge is 2.04. The molecule has 1 aromatic heterocycles. The number of para-hydroxylation sites is 1. The van der Waals surface area contributed by atoms with Crippen molar-refractivity contribution < 1.29 is 4.79 Å². The number of hydrogen-bond acceptors (Lipinski definition) is 4. The van der Waals surface area contributed by atoms with E-state index in [2.05, 4.69) is 15.5 Å². The van der Waals surface area contributed by atoms with Crippen LogP contribution < -0.4 is 0 Å². The van der Waals surface area contributed by atoms with Crippen LogP contribution in [0.5, 0.6) is 0 Å². The molecule has 0 atom stereocenters. The lowest BCUT2D eigenvalue weighted by molar-refractivity contribution is 0.111. The van der Waals surface area contributed by atoms with Crippen molar-refractivity contribution in [1.82, 2.24) is 20.2 Å². The van der Waals surface area contributed by atoms with Gasteiger partial charge in [-0.3, -0.25) is 4.79 Å². The molecular formula is C8H6N4O. The van der Waals surface area contributed by atoms with Gasteiger partial charge in [-0.25, -0.2) is 0 Å². The Morgan fingerprint density at radius 1 is 1.23 bits per heavy atom. The summed E-state index contributed by atoms with van der Waals surface area (Å²) in [6.45, 7) is 0. The molecule has 0 aliphatic heterocycles. The van der Waals surface area contributed by atoms with E-state index >= 15 is 0 Å². The molecule has 0 radical (unpaired) electrons. The van der Waals surface area contributed by atoms with E-state index in [1.54, 1.807) is 0 Å². The summed E-state index contributed by atoms with van der Waals surface area (Å²) in [6.07, 6.45) is 0.618. The zero-order valence-electron chi connectivity index (χ0n) is 6.66. The van der Waals surface area contributed by atoms with Crippen LogP contribution in [0.2, 0.25) is 0 Å². The molecule has 0 amide bonds. The maximum absolute atomic E-state index is 10.5. The first-order chi connectivity index (χ1) is 6.42. The summed E-state index contributed by atoms with van der Waals surface area (Å²) in [5.74, 6) is 0.200. The second kappa shape index (κ2) is 3.14. The van der Waals surface area contributed by atoms with Gasteiger partial charge in [0, 0.05) is 0 Å². The van der Waals surface area contributed by atoms with Gasteiger partial charge in [0.05, 0.1) is 5.69 Å². The Morgan fingerprint density at radius 3 is 2.69 bits per heavy atom. The maximum Gasteiger partial charge on any atom is 0.219 e. The lowest BCUT2D eigenvalue weighted by Crippen LogP contribution is -2.01. The topological polar surface area (TPSA) is 60.7 Å². The van der Waals surface area contributed by atoms with Crippen molar-refractivity contribution in [2.45, 2.75) is 0 Å². The average Bonchev–Trinajstić information content (AvgIpc) is 2.67. The molecule has 0 unspecified atom stereocenters. The Kier molecular flexibility index (Phi) is 1.84. The minimum atomic E-state index is 0.200. The smallest absolute Gasteiger partial charge is 0.219 e.